The summed E-state index contributed by atoms with van der Waals surface area (Å²) in [5.74, 6) is 0. The van der Waals surface area contributed by atoms with Crippen molar-refractivity contribution in [3.8, 4) is 0 Å². The summed E-state index contributed by atoms with van der Waals surface area (Å²) in [7, 11) is 0. The first-order valence-electron chi connectivity index (χ1n) is 3.03. The third kappa shape index (κ3) is 1.41. The first kappa shape index (κ1) is 8.23. The van der Waals surface area contributed by atoms with E-state index in [9.17, 15) is 10.2 Å². The van der Waals surface area contributed by atoms with Gasteiger partial charge in [0.1, 0.15) is 12.2 Å². The van der Waals surface area contributed by atoms with Crippen molar-refractivity contribution in [2.75, 3.05) is 0 Å². The Bertz CT molecular complexity index is 174. The maximum atomic E-state index is 9.25. The first-order valence-corrected chi connectivity index (χ1v) is 4.11. The molecule has 0 amide bonds. The Morgan fingerprint density at radius 3 is 2.40 bits per heavy atom. The Kier molecular flexibility index (Phi) is 2.49. The normalized spacial score (nSPS) is 33.2. The van der Waals surface area contributed by atoms with Crippen LogP contribution in [-0.4, -0.2) is 22.4 Å². The predicted octanol–water partition coefficient (Wildman–Crippen LogP) is 0.987. The van der Waals surface area contributed by atoms with Crippen LogP contribution in [0.15, 0.2) is 21.3 Å². The van der Waals surface area contributed by atoms with Crippen LogP contribution in [0.1, 0.15) is 6.92 Å². The molecule has 0 unspecified atom stereocenters. The molecule has 1 aliphatic rings. The lowest BCUT2D eigenvalue weighted by atomic mass is 10.0. The van der Waals surface area contributed by atoms with Crippen LogP contribution < -0.4 is 0 Å². The first-order chi connectivity index (χ1) is 4.63. The molecule has 0 spiro atoms. The van der Waals surface area contributed by atoms with E-state index in [1.807, 2.05) is 34.7 Å². The second-order valence-electron chi connectivity index (χ2n) is 2.35. The molecule has 0 heterocycles. The molecule has 0 saturated carbocycles. The van der Waals surface area contributed by atoms with Crippen molar-refractivity contribution in [2.45, 2.75) is 19.1 Å². The smallest absolute Gasteiger partial charge is 0.114 e. The van der Waals surface area contributed by atoms with E-state index >= 15 is 0 Å². The molecule has 0 bridgehead atoms. The molecular weight excluding hydrogens is 243 g/mol. The summed E-state index contributed by atoms with van der Waals surface area (Å²) < 4.78 is 0.788. The van der Waals surface area contributed by atoms with Crippen LogP contribution >= 0.6 is 22.6 Å². The quantitative estimate of drug-likeness (QED) is 0.631. The zero-order chi connectivity index (χ0) is 7.72. The Morgan fingerprint density at radius 2 is 1.90 bits per heavy atom. The number of aliphatic hydroxyl groups is 2. The van der Waals surface area contributed by atoms with Crippen LogP contribution in [0.5, 0.6) is 0 Å². The summed E-state index contributed by atoms with van der Waals surface area (Å²) in [6, 6.07) is 0. The van der Waals surface area contributed by atoms with Gasteiger partial charge in [0.25, 0.3) is 0 Å². The Balaban J connectivity index is 2.86. The molecule has 10 heavy (non-hydrogen) atoms. The zero-order valence-corrected chi connectivity index (χ0v) is 7.74. The van der Waals surface area contributed by atoms with E-state index in [1.165, 1.54) is 0 Å². The fourth-order valence-corrected chi connectivity index (χ4v) is 1.33. The summed E-state index contributed by atoms with van der Waals surface area (Å²) >= 11 is 2.01. The van der Waals surface area contributed by atoms with Gasteiger partial charge < -0.3 is 10.2 Å². The maximum Gasteiger partial charge on any atom is 0.114 e. The third-order valence-corrected chi connectivity index (χ3v) is 2.55. The third-order valence-electron chi connectivity index (χ3n) is 1.55. The number of hydrogen-bond donors (Lipinski definition) is 2. The molecule has 2 N–H and O–H groups in total. The summed E-state index contributed by atoms with van der Waals surface area (Å²) in [5, 5.41) is 18.5. The van der Waals surface area contributed by atoms with Gasteiger partial charge >= 0.3 is 0 Å². The SMILES string of the molecule is CC1=CC=C(I)[C@@H](O)[C@H]1O. The highest BCUT2D eigenvalue weighted by Crippen LogP contribution is 2.23. The second kappa shape index (κ2) is 3.02. The monoisotopic (exact) mass is 252 g/mol. The number of allylic oxidation sites excluding steroid dienone is 2. The van der Waals surface area contributed by atoms with E-state index in [1.54, 1.807) is 6.92 Å². The van der Waals surface area contributed by atoms with Crippen LogP contribution in [0.2, 0.25) is 0 Å². The van der Waals surface area contributed by atoms with Crippen LogP contribution in [0.3, 0.4) is 0 Å². The summed E-state index contributed by atoms with van der Waals surface area (Å²) in [5.41, 5.74) is 0.813. The predicted molar refractivity (Wildman–Crippen MR) is 47.9 cm³/mol. The highest BCUT2D eigenvalue weighted by Gasteiger charge is 2.22. The molecule has 0 aliphatic heterocycles. The van der Waals surface area contributed by atoms with Gasteiger partial charge in [0.05, 0.1) is 0 Å². The Morgan fingerprint density at radius 1 is 1.30 bits per heavy atom. The minimum atomic E-state index is -0.717. The van der Waals surface area contributed by atoms with E-state index < -0.39 is 12.2 Å². The van der Waals surface area contributed by atoms with E-state index in [0.717, 1.165) is 9.15 Å². The van der Waals surface area contributed by atoms with Crippen molar-refractivity contribution >= 4 is 22.6 Å². The Hall–Kier alpha value is 0.130. The van der Waals surface area contributed by atoms with E-state index in [0.29, 0.717) is 0 Å². The van der Waals surface area contributed by atoms with Gasteiger partial charge in [-0.05, 0) is 35.1 Å². The number of aliphatic hydroxyl groups excluding tert-OH is 2. The van der Waals surface area contributed by atoms with Gasteiger partial charge in [-0.3, -0.25) is 0 Å². The molecule has 3 heteroatoms. The van der Waals surface area contributed by atoms with Gasteiger partial charge in [0.2, 0.25) is 0 Å². The van der Waals surface area contributed by atoms with Crippen LogP contribution in [0.25, 0.3) is 0 Å². The van der Waals surface area contributed by atoms with Crippen molar-refractivity contribution < 1.29 is 10.2 Å². The number of halogens is 1. The van der Waals surface area contributed by atoms with Gasteiger partial charge in [-0.1, -0.05) is 12.2 Å². The van der Waals surface area contributed by atoms with Crippen LogP contribution in [-0.2, 0) is 0 Å². The van der Waals surface area contributed by atoms with E-state index in [4.69, 9.17) is 0 Å². The zero-order valence-electron chi connectivity index (χ0n) is 5.58. The fraction of sp³-hybridized carbons (Fsp3) is 0.429. The average molecular weight is 252 g/mol. The molecule has 0 fully saturated rings. The topological polar surface area (TPSA) is 40.5 Å². The van der Waals surface area contributed by atoms with E-state index in [-0.39, 0.29) is 0 Å². The summed E-state index contributed by atoms with van der Waals surface area (Å²) in [4.78, 5) is 0. The van der Waals surface area contributed by atoms with Gasteiger partial charge in [0, 0.05) is 3.58 Å². The van der Waals surface area contributed by atoms with Gasteiger partial charge in [0.15, 0.2) is 0 Å². The molecule has 0 aromatic heterocycles. The van der Waals surface area contributed by atoms with Crippen molar-refractivity contribution in [3.63, 3.8) is 0 Å². The highest BCUT2D eigenvalue weighted by atomic mass is 127. The lowest BCUT2D eigenvalue weighted by Gasteiger charge is -2.21. The molecule has 56 valence electrons. The molecule has 0 aromatic carbocycles. The summed E-state index contributed by atoms with van der Waals surface area (Å²) in [6.45, 7) is 1.80. The molecule has 2 nitrogen and oxygen atoms in total. The van der Waals surface area contributed by atoms with Crippen molar-refractivity contribution in [3.05, 3.63) is 21.3 Å². The second-order valence-corrected chi connectivity index (χ2v) is 3.60. The Labute approximate surface area is 73.4 Å². The van der Waals surface area contributed by atoms with Gasteiger partial charge in [-0.2, -0.15) is 0 Å². The van der Waals surface area contributed by atoms with Crippen molar-refractivity contribution in [1.29, 1.82) is 0 Å². The fourth-order valence-electron chi connectivity index (χ4n) is 0.808. The van der Waals surface area contributed by atoms with Gasteiger partial charge in [-0.15, -0.1) is 0 Å². The maximum absolute atomic E-state index is 9.25. The number of hydrogen-bond acceptors (Lipinski definition) is 2. The van der Waals surface area contributed by atoms with Crippen LogP contribution in [0.4, 0.5) is 0 Å². The van der Waals surface area contributed by atoms with Gasteiger partial charge in [-0.25, -0.2) is 0 Å². The van der Waals surface area contributed by atoms with Crippen LogP contribution in [0, 0.1) is 0 Å². The molecule has 2 atom stereocenters. The lowest BCUT2D eigenvalue weighted by Crippen LogP contribution is -2.28. The molecule has 0 radical (unpaired) electrons. The van der Waals surface area contributed by atoms with E-state index in [2.05, 4.69) is 0 Å². The molecule has 1 aliphatic carbocycles. The standard InChI is InChI=1S/C7H9IO2/c1-4-2-3-5(8)7(10)6(4)9/h2-3,6-7,9-10H,1H3/t6-,7+/m0/s1. The summed E-state index contributed by atoms with van der Waals surface area (Å²) in [6.07, 6.45) is 2.20. The minimum Gasteiger partial charge on any atom is -0.386 e. The molecule has 0 saturated heterocycles. The lowest BCUT2D eigenvalue weighted by molar-refractivity contribution is 0.0704. The number of rotatable bonds is 0. The largest absolute Gasteiger partial charge is 0.386 e. The minimum absolute atomic E-state index is 0.711. The van der Waals surface area contributed by atoms with Crippen molar-refractivity contribution in [1.82, 2.24) is 0 Å². The average Bonchev–Trinajstić information content (AvgIpc) is 1.93. The highest BCUT2D eigenvalue weighted by molar-refractivity contribution is 14.1. The van der Waals surface area contributed by atoms with Crippen molar-refractivity contribution in [2.24, 2.45) is 0 Å². The molecular formula is C7H9IO2. The molecule has 1 rings (SSSR count). The molecule has 0 aromatic rings.